The lowest BCUT2D eigenvalue weighted by atomic mass is 10.1. The second-order valence-corrected chi connectivity index (χ2v) is 4.51. The summed E-state index contributed by atoms with van der Waals surface area (Å²) >= 11 is 0. The molecule has 4 nitrogen and oxygen atoms in total. The van der Waals surface area contributed by atoms with E-state index in [1.54, 1.807) is 12.1 Å². The number of hydrogen-bond acceptors (Lipinski definition) is 3. The maximum atomic E-state index is 13.4. The number of non-ortho nitro benzene ring substituents is 1. The molecule has 0 N–H and O–H groups in total. The highest BCUT2D eigenvalue weighted by atomic mass is 19.1. The fourth-order valence-electron chi connectivity index (χ4n) is 2.08. The Balaban J connectivity index is 1.96. The molecule has 0 amide bonds. The summed E-state index contributed by atoms with van der Waals surface area (Å²) in [4.78, 5) is 10.1. The Morgan fingerprint density at radius 3 is 2.43 bits per heavy atom. The van der Waals surface area contributed by atoms with Crippen molar-refractivity contribution >= 4 is 16.5 Å². The summed E-state index contributed by atoms with van der Waals surface area (Å²) in [6, 6.07) is 16.3. The van der Waals surface area contributed by atoms with Gasteiger partial charge in [-0.3, -0.25) is 10.1 Å². The van der Waals surface area contributed by atoms with Crippen LogP contribution in [0.4, 0.5) is 10.1 Å². The van der Waals surface area contributed by atoms with Crippen LogP contribution < -0.4 is 4.74 Å². The summed E-state index contributed by atoms with van der Waals surface area (Å²) in [6.45, 7) is 0. The molecule has 0 aliphatic rings. The topological polar surface area (TPSA) is 52.4 Å². The van der Waals surface area contributed by atoms with E-state index in [1.165, 1.54) is 6.07 Å². The van der Waals surface area contributed by atoms with Gasteiger partial charge >= 0.3 is 0 Å². The maximum absolute atomic E-state index is 13.4. The van der Waals surface area contributed by atoms with Crippen molar-refractivity contribution in [3.63, 3.8) is 0 Å². The summed E-state index contributed by atoms with van der Waals surface area (Å²) in [7, 11) is 0. The standard InChI is InChI=1S/C16H10FNO3/c17-13-8-14(18(19)20)10-16(9-13)21-15-6-5-11-3-1-2-4-12(11)7-15/h1-10H. The molecule has 0 spiro atoms. The first kappa shape index (κ1) is 13.1. The fraction of sp³-hybridized carbons (Fsp3) is 0. The van der Waals surface area contributed by atoms with Gasteiger partial charge in [0.05, 0.1) is 17.1 Å². The van der Waals surface area contributed by atoms with Gasteiger partial charge in [-0.25, -0.2) is 4.39 Å². The number of nitro groups is 1. The summed E-state index contributed by atoms with van der Waals surface area (Å²) in [5.74, 6) is -0.120. The average Bonchev–Trinajstić information content (AvgIpc) is 2.46. The molecule has 3 rings (SSSR count). The Morgan fingerprint density at radius 2 is 1.67 bits per heavy atom. The minimum Gasteiger partial charge on any atom is -0.457 e. The van der Waals surface area contributed by atoms with Crippen LogP contribution in [0.5, 0.6) is 11.5 Å². The lowest BCUT2D eigenvalue weighted by Gasteiger charge is -2.07. The van der Waals surface area contributed by atoms with Crippen LogP contribution >= 0.6 is 0 Å². The summed E-state index contributed by atoms with van der Waals surface area (Å²) in [5.41, 5.74) is -0.342. The van der Waals surface area contributed by atoms with Crippen molar-refractivity contribution in [2.45, 2.75) is 0 Å². The molecular weight excluding hydrogens is 273 g/mol. The smallest absolute Gasteiger partial charge is 0.276 e. The van der Waals surface area contributed by atoms with Gasteiger partial charge in [0.2, 0.25) is 0 Å². The lowest BCUT2D eigenvalue weighted by molar-refractivity contribution is -0.385. The summed E-state index contributed by atoms with van der Waals surface area (Å²) < 4.78 is 18.9. The molecule has 3 aromatic rings. The lowest BCUT2D eigenvalue weighted by Crippen LogP contribution is -1.91. The Labute approximate surface area is 119 Å². The van der Waals surface area contributed by atoms with Crippen LogP contribution in [0.1, 0.15) is 0 Å². The third kappa shape index (κ3) is 2.81. The van der Waals surface area contributed by atoms with Crippen LogP contribution in [-0.4, -0.2) is 4.92 Å². The molecule has 5 heteroatoms. The molecule has 0 saturated heterocycles. The van der Waals surface area contributed by atoms with E-state index in [-0.39, 0.29) is 11.4 Å². The van der Waals surface area contributed by atoms with Crippen molar-refractivity contribution in [3.05, 3.63) is 76.6 Å². The van der Waals surface area contributed by atoms with E-state index in [9.17, 15) is 14.5 Å². The van der Waals surface area contributed by atoms with Gasteiger partial charge in [0, 0.05) is 6.07 Å². The van der Waals surface area contributed by atoms with Crippen LogP contribution in [-0.2, 0) is 0 Å². The molecule has 0 aliphatic carbocycles. The second-order valence-electron chi connectivity index (χ2n) is 4.51. The van der Waals surface area contributed by atoms with E-state index in [0.717, 1.165) is 22.9 Å². The zero-order chi connectivity index (χ0) is 14.8. The molecular formula is C16H10FNO3. The largest absolute Gasteiger partial charge is 0.457 e. The fourth-order valence-corrected chi connectivity index (χ4v) is 2.08. The molecule has 0 saturated carbocycles. The molecule has 21 heavy (non-hydrogen) atoms. The van der Waals surface area contributed by atoms with Crippen molar-refractivity contribution in [1.82, 2.24) is 0 Å². The van der Waals surface area contributed by atoms with Gasteiger partial charge < -0.3 is 4.74 Å². The van der Waals surface area contributed by atoms with Gasteiger partial charge in [-0.15, -0.1) is 0 Å². The third-order valence-electron chi connectivity index (χ3n) is 3.02. The molecule has 0 unspecified atom stereocenters. The highest BCUT2D eigenvalue weighted by Gasteiger charge is 2.11. The van der Waals surface area contributed by atoms with E-state index in [0.29, 0.717) is 5.75 Å². The highest BCUT2D eigenvalue weighted by Crippen LogP contribution is 2.28. The van der Waals surface area contributed by atoms with Gasteiger partial charge in [-0.1, -0.05) is 30.3 Å². The zero-order valence-electron chi connectivity index (χ0n) is 10.8. The second kappa shape index (κ2) is 5.20. The number of ether oxygens (including phenoxy) is 1. The Kier molecular flexibility index (Phi) is 3.23. The SMILES string of the molecule is O=[N+]([O-])c1cc(F)cc(Oc2ccc3ccccc3c2)c1. The van der Waals surface area contributed by atoms with Gasteiger partial charge in [0.25, 0.3) is 5.69 Å². The molecule has 104 valence electrons. The van der Waals surface area contributed by atoms with Crippen molar-refractivity contribution in [2.75, 3.05) is 0 Å². The van der Waals surface area contributed by atoms with Crippen molar-refractivity contribution in [3.8, 4) is 11.5 Å². The van der Waals surface area contributed by atoms with Crippen molar-refractivity contribution in [2.24, 2.45) is 0 Å². The van der Waals surface area contributed by atoms with Gasteiger partial charge in [-0.05, 0) is 22.9 Å². The quantitative estimate of drug-likeness (QED) is 0.518. The average molecular weight is 283 g/mol. The maximum Gasteiger partial charge on any atom is 0.276 e. The molecule has 3 aromatic carbocycles. The Morgan fingerprint density at radius 1 is 0.905 bits per heavy atom. The van der Waals surface area contributed by atoms with E-state index >= 15 is 0 Å². The minimum absolute atomic E-state index is 0.0944. The molecule has 0 bridgehead atoms. The number of hydrogen-bond donors (Lipinski definition) is 0. The normalized spacial score (nSPS) is 10.5. The first-order valence-corrected chi connectivity index (χ1v) is 6.23. The number of rotatable bonds is 3. The Bertz CT molecular complexity index is 833. The predicted octanol–water partition coefficient (Wildman–Crippen LogP) is 4.68. The molecule has 0 aliphatic heterocycles. The Hall–Kier alpha value is -2.95. The van der Waals surface area contributed by atoms with Gasteiger partial charge in [-0.2, -0.15) is 0 Å². The molecule has 0 aromatic heterocycles. The van der Waals surface area contributed by atoms with Crippen molar-refractivity contribution < 1.29 is 14.1 Å². The first-order chi connectivity index (χ1) is 10.1. The van der Waals surface area contributed by atoms with Crippen molar-refractivity contribution in [1.29, 1.82) is 0 Å². The van der Waals surface area contributed by atoms with Gasteiger partial charge in [0.15, 0.2) is 0 Å². The first-order valence-electron chi connectivity index (χ1n) is 6.23. The van der Waals surface area contributed by atoms with E-state index in [1.807, 2.05) is 30.3 Å². The monoisotopic (exact) mass is 283 g/mol. The van der Waals surface area contributed by atoms with Crippen LogP contribution in [0.2, 0.25) is 0 Å². The molecule has 0 radical (unpaired) electrons. The molecule has 0 fully saturated rings. The minimum atomic E-state index is -0.708. The summed E-state index contributed by atoms with van der Waals surface area (Å²) in [6.07, 6.45) is 0. The van der Waals surface area contributed by atoms with Gasteiger partial charge in [0.1, 0.15) is 17.3 Å². The molecule has 0 heterocycles. The number of nitro benzene ring substituents is 1. The highest BCUT2D eigenvalue weighted by molar-refractivity contribution is 5.83. The molecule has 0 atom stereocenters. The van der Waals surface area contributed by atoms with Crippen LogP contribution in [0, 0.1) is 15.9 Å². The van der Waals surface area contributed by atoms with Crippen LogP contribution in [0.15, 0.2) is 60.7 Å². The predicted molar refractivity (Wildman–Crippen MR) is 77.1 cm³/mol. The zero-order valence-corrected chi connectivity index (χ0v) is 10.8. The van der Waals surface area contributed by atoms with Crippen LogP contribution in [0.25, 0.3) is 10.8 Å². The number of halogens is 1. The summed E-state index contributed by atoms with van der Waals surface area (Å²) in [5, 5.41) is 12.7. The number of benzene rings is 3. The van der Waals surface area contributed by atoms with E-state index < -0.39 is 10.7 Å². The number of fused-ring (bicyclic) bond motifs is 1. The van der Waals surface area contributed by atoms with Crippen LogP contribution in [0.3, 0.4) is 0 Å². The third-order valence-corrected chi connectivity index (χ3v) is 3.02. The number of nitrogens with zero attached hydrogens (tertiary/aromatic N) is 1. The van der Waals surface area contributed by atoms with E-state index in [4.69, 9.17) is 4.74 Å². The van der Waals surface area contributed by atoms with E-state index in [2.05, 4.69) is 0 Å².